The fourth-order valence-corrected chi connectivity index (χ4v) is 3.87. The molecule has 168 valence electrons. The van der Waals surface area contributed by atoms with Crippen molar-refractivity contribution in [3.8, 4) is 0 Å². The molecular formula is C22H18F5N3O2. The summed E-state index contributed by atoms with van der Waals surface area (Å²) in [6.07, 6.45) is -2.53. The minimum absolute atomic E-state index is 0.000288. The highest BCUT2D eigenvalue weighted by molar-refractivity contribution is 5.95. The second-order valence-corrected chi connectivity index (χ2v) is 7.55. The van der Waals surface area contributed by atoms with Crippen LogP contribution in [0.3, 0.4) is 0 Å². The van der Waals surface area contributed by atoms with Crippen molar-refractivity contribution >= 4 is 23.2 Å². The van der Waals surface area contributed by atoms with Crippen molar-refractivity contribution in [2.24, 2.45) is 0 Å². The second kappa shape index (κ2) is 8.25. The average Bonchev–Trinajstić information content (AvgIpc) is 2.77. The predicted molar refractivity (Wildman–Crippen MR) is 106 cm³/mol. The molecule has 4 rings (SSSR count). The van der Waals surface area contributed by atoms with Gasteiger partial charge in [-0.2, -0.15) is 13.2 Å². The fraction of sp³-hybridized carbons (Fsp3) is 0.273. The molecule has 0 atom stereocenters. The second-order valence-electron chi connectivity index (χ2n) is 7.55. The first kappa shape index (κ1) is 21.8. The highest BCUT2D eigenvalue weighted by Crippen LogP contribution is 2.36. The van der Waals surface area contributed by atoms with Gasteiger partial charge in [0.25, 0.3) is 0 Å². The summed E-state index contributed by atoms with van der Waals surface area (Å²) in [7, 11) is 0. The Bertz CT molecular complexity index is 1110. The van der Waals surface area contributed by atoms with Crippen molar-refractivity contribution in [2.75, 3.05) is 25.0 Å². The summed E-state index contributed by atoms with van der Waals surface area (Å²) in [6.45, 7) is -0.508. The summed E-state index contributed by atoms with van der Waals surface area (Å²) in [5.74, 6) is -2.68. The van der Waals surface area contributed by atoms with E-state index in [0.29, 0.717) is 12.0 Å². The molecule has 5 nitrogen and oxygen atoms in total. The molecule has 2 aromatic carbocycles. The summed E-state index contributed by atoms with van der Waals surface area (Å²) in [5.41, 5.74) is -0.371. The number of benzene rings is 2. The van der Waals surface area contributed by atoms with Crippen LogP contribution in [0.4, 0.5) is 32.4 Å². The van der Waals surface area contributed by atoms with Gasteiger partial charge < -0.3 is 15.1 Å². The highest BCUT2D eigenvalue weighted by Gasteiger charge is 2.35. The molecule has 0 radical (unpaired) electrons. The van der Waals surface area contributed by atoms with Crippen LogP contribution < -0.4 is 5.32 Å². The minimum atomic E-state index is -4.54. The maximum absolute atomic E-state index is 14.1. The Morgan fingerprint density at radius 3 is 2.56 bits per heavy atom. The van der Waals surface area contributed by atoms with Gasteiger partial charge in [-0.05, 0) is 35.8 Å². The molecule has 2 aromatic rings. The minimum Gasteiger partial charge on any atom is -0.337 e. The molecule has 0 saturated heterocycles. The summed E-state index contributed by atoms with van der Waals surface area (Å²) < 4.78 is 67.8. The molecule has 2 aliphatic heterocycles. The summed E-state index contributed by atoms with van der Waals surface area (Å²) in [5, 5.41) is 2.42. The number of fused-ring (bicyclic) bond motifs is 1. The lowest BCUT2D eigenvalue weighted by atomic mass is 9.96. The number of hydrogen-bond donors (Lipinski definition) is 1. The van der Waals surface area contributed by atoms with Gasteiger partial charge in [0.15, 0.2) is 11.6 Å². The van der Waals surface area contributed by atoms with Crippen LogP contribution in [0.15, 0.2) is 42.5 Å². The normalized spacial score (nSPS) is 16.4. The molecule has 10 heteroatoms. The Hall–Kier alpha value is -3.43. The number of nitrogens with zero attached hydrogens (tertiary/aromatic N) is 2. The maximum Gasteiger partial charge on any atom is 0.416 e. The van der Waals surface area contributed by atoms with Gasteiger partial charge in [0, 0.05) is 18.7 Å². The third kappa shape index (κ3) is 4.17. The molecule has 1 N–H and O–H groups in total. The van der Waals surface area contributed by atoms with Crippen molar-refractivity contribution in [1.82, 2.24) is 9.80 Å². The van der Waals surface area contributed by atoms with E-state index in [2.05, 4.69) is 5.32 Å². The monoisotopic (exact) mass is 451 g/mol. The first-order chi connectivity index (χ1) is 15.1. The highest BCUT2D eigenvalue weighted by atomic mass is 19.4. The average molecular weight is 451 g/mol. The molecule has 0 bridgehead atoms. The summed E-state index contributed by atoms with van der Waals surface area (Å²) in [6, 6.07) is 6.63. The van der Waals surface area contributed by atoms with Gasteiger partial charge in [-0.15, -0.1) is 0 Å². The molecule has 2 aliphatic rings. The Morgan fingerprint density at radius 1 is 1.06 bits per heavy atom. The number of rotatable bonds is 3. The van der Waals surface area contributed by atoms with E-state index < -0.39 is 41.9 Å². The zero-order valence-electron chi connectivity index (χ0n) is 16.7. The van der Waals surface area contributed by atoms with E-state index in [0.717, 1.165) is 17.0 Å². The Balaban J connectivity index is 1.49. The third-order valence-corrected chi connectivity index (χ3v) is 5.48. The Kier molecular flexibility index (Phi) is 5.62. The van der Waals surface area contributed by atoms with Crippen LogP contribution in [0.25, 0.3) is 5.57 Å². The maximum atomic E-state index is 14.1. The lowest BCUT2D eigenvalue weighted by Crippen LogP contribution is -2.47. The van der Waals surface area contributed by atoms with Crippen molar-refractivity contribution in [1.29, 1.82) is 0 Å². The first-order valence-electron chi connectivity index (χ1n) is 9.81. The number of halogens is 5. The molecule has 0 saturated carbocycles. The molecule has 0 spiro atoms. The number of hydrogen-bond acceptors (Lipinski definition) is 2. The number of amides is 3. The molecular weight excluding hydrogens is 433 g/mol. The van der Waals surface area contributed by atoms with Gasteiger partial charge in [0.2, 0.25) is 5.91 Å². The van der Waals surface area contributed by atoms with Crippen molar-refractivity contribution in [2.45, 2.75) is 19.1 Å². The zero-order chi connectivity index (χ0) is 23.0. The van der Waals surface area contributed by atoms with Crippen LogP contribution >= 0.6 is 0 Å². The molecule has 0 aromatic heterocycles. The van der Waals surface area contributed by atoms with Gasteiger partial charge >= 0.3 is 12.2 Å². The molecule has 3 amide bonds. The number of carbonyl (C=O) groups excluding carboxylic acids is 2. The van der Waals surface area contributed by atoms with Gasteiger partial charge in [-0.3, -0.25) is 4.79 Å². The summed E-state index contributed by atoms with van der Waals surface area (Å²) >= 11 is 0. The van der Waals surface area contributed by atoms with Crippen LogP contribution in [0.1, 0.15) is 23.1 Å². The van der Waals surface area contributed by atoms with E-state index in [-0.39, 0.29) is 36.4 Å². The van der Waals surface area contributed by atoms with Crippen molar-refractivity contribution < 1.29 is 31.5 Å². The predicted octanol–water partition coefficient (Wildman–Crippen LogP) is 4.65. The topological polar surface area (TPSA) is 52.7 Å². The SMILES string of the molecule is O=C(CN1Cc2c(ccc(F)c2F)NC1=O)N1CCC=C(c2ccccc2C(F)(F)F)C1. The smallest absolute Gasteiger partial charge is 0.337 e. The Labute approximate surface area is 180 Å². The lowest BCUT2D eigenvalue weighted by molar-refractivity contribution is -0.137. The molecule has 32 heavy (non-hydrogen) atoms. The fourth-order valence-electron chi connectivity index (χ4n) is 3.87. The van der Waals surface area contributed by atoms with E-state index in [1.807, 2.05) is 0 Å². The van der Waals surface area contributed by atoms with Gasteiger partial charge in [0.1, 0.15) is 6.54 Å². The summed E-state index contributed by atoms with van der Waals surface area (Å²) in [4.78, 5) is 27.5. The molecule has 0 unspecified atom stereocenters. The van der Waals surface area contributed by atoms with E-state index >= 15 is 0 Å². The third-order valence-electron chi connectivity index (χ3n) is 5.48. The van der Waals surface area contributed by atoms with Gasteiger partial charge in [-0.1, -0.05) is 24.3 Å². The van der Waals surface area contributed by atoms with Crippen molar-refractivity contribution in [3.05, 3.63) is 70.8 Å². The van der Waals surface area contributed by atoms with Crippen LogP contribution in [0.2, 0.25) is 0 Å². The van der Waals surface area contributed by atoms with Crippen LogP contribution in [-0.4, -0.2) is 41.4 Å². The number of nitrogens with one attached hydrogen (secondary N) is 1. The van der Waals surface area contributed by atoms with Crippen LogP contribution in [0.5, 0.6) is 0 Å². The van der Waals surface area contributed by atoms with Gasteiger partial charge in [-0.25, -0.2) is 13.6 Å². The first-order valence-corrected chi connectivity index (χ1v) is 9.81. The number of alkyl halides is 3. The van der Waals surface area contributed by atoms with Gasteiger partial charge in [0.05, 0.1) is 17.8 Å². The largest absolute Gasteiger partial charge is 0.416 e. The number of carbonyl (C=O) groups is 2. The number of urea groups is 1. The van der Waals surface area contributed by atoms with Crippen molar-refractivity contribution in [3.63, 3.8) is 0 Å². The van der Waals surface area contributed by atoms with E-state index in [1.54, 1.807) is 6.08 Å². The molecule has 2 heterocycles. The standard InChI is InChI=1S/C22H18F5N3O2/c23-17-7-8-18-15(20(17)24)11-30(21(32)28-18)12-19(31)29-9-3-4-13(10-29)14-5-1-2-6-16(14)22(25,26)27/h1-2,4-8H,3,9-12H2,(H,28,32). The van der Waals surface area contributed by atoms with E-state index in [4.69, 9.17) is 0 Å². The molecule has 0 fully saturated rings. The number of anilines is 1. The van der Waals surface area contributed by atoms with Crippen LogP contribution in [-0.2, 0) is 17.5 Å². The zero-order valence-corrected chi connectivity index (χ0v) is 16.7. The van der Waals surface area contributed by atoms with E-state index in [1.165, 1.54) is 29.2 Å². The Morgan fingerprint density at radius 2 is 1.81 bits per heavy atom. The van der Waals surface area contributed by atoms with Crippen LogP contribution in [0, 0.1) is 11.6 Å². The van der Waals surface area contributed by atoms with E-state index in [9.17, 15) is 31.5 Å². The quantitative estimate of drug-likeness (QED) is 0.691. The molecule has 0 aliphatic carbocycles. The lowest BCUT2D eigenvalue weighted by Gasteiger charge is -2.33.